The van der Waals surface area contributed by atoms with Gasteiger partial charge >= 0.3 is 5.97 Å². The van der Waals surface area contributed by atoms with Gasteiger partial charge in [0.15, 0.2) is 0 Å². The molecule has 0 bridgehead atoms. The van der Waals surface area contributed by atoms with Crippen LogP contribution in [0.5, 0.6) is 0 Å². The second-order valence-corrected chi connectivity index (χ2v) is 9.21. The summed E-state index contributed by atoms with van der Waals surface area (Å²) in [5, 5.41) is 0.820. The Balaban J connectivity index is 1.94. The third-order valence-electron chi connectivity index (χ3n) is 6.33. The zero-order valence-corrected chi connectivity index (χ0v) is 19.5. The first-order valence-electron chi connectivity index (χ1n) is 10.3. The molecule has 0 aliphatic carbocycles. The second-order valence-electron chi connectivity index (χ2n) is 8.35. The number of benzene rings is 2. The molecule has 4 nitrogen and oxygen atoms in total. The molecule has 0 saturated carbocycles. The van der Waals surface area contributed by atoms with E-state index in [1.165, 1.54) is 25.3 Å². The smallest absolute Gasteiger partial charge is 0.309 e. The molecule has 2 aromatic carbocycles. The maximum atomic E-state index is 15.3. The molecule has 3 aromatic rings. The van der Waals surface area contributed by atoms with Crippen molar-refractivity contribution in [2.24, 2.45) is 5.92 Å². The normalized spacial score (nSPS) is 20.0. The number of nitrogens with zero attached hydrogens (tertiary/aromatic N) is 1. The van der Waals surface area contributed by atoms with Gasteiger partial charge in [0, 0.05) is 39.2 Å². The Morgan fingerprint density at radius 3 is 2.77 bits per heavy atom. The number of carbonyl (C=O) groups excluding carboxylic acids is 1. The first kappa shape index (κ1) is 22.0. The quantitative estimate of drug-likeness (QED) is 0.479. The molecule has 3 atom stereocenters. The molecule has 2 heterocycles. The summed E-state index contributed by atoms with van der Waals surface area (Å²) in [4.78, 5) is 17.7. The predicted octanol–water partition coefficient (Wildman–Crippen LogP) is 5.66. The summed E-state index contributed by atoms with van der Waals surface area (Å²) >= 11 is 3.53. The van der Waals surface area contributed by atoms with Crippen LogP contribution in [0.4, 0.5) is 8.78 Å². The SMILES string of the molecule is COC(=O)C(C)CN1[C@H](c2c(F)ccc(Br)c2C)c2[nH]c3ccc(F)cc3c2C[C@H]1C. The van der Waals surface area contributed by atoms with Gasteiger partial charge in [-0.3, -0.25) is 9.69 Å². The average molecular weight is 491 g/mol. The minimum atomic E-state index is -0.446. The van der Waals surface area contributed by atoms with Crippen LogP contribution in [0.2, 0.25) is 0 Å². The maximum absolute atomic E-state index is 15.3. The Hall–Kier alpha value is -2.25. The zero-order chi connectivity index (χ0) is 22.4. The van der Waals surface area contributed by atoms with Crippen molar-refractivity contribution in [2.75, 3.05) is 13.7 Å². The minimum absolute atomic E-state index is 0.00431. The average Bonchev–Trinajstić information content (AvgIpc) is 3.09. The van der Waals surface area contributed by atoms with Crippen molar-refractivity contribution in [3.8, 4) is 0 Å². The van der Waals surface area contributed by atoms with E-state index in [2.05, 4.69) is 32.7 Å². The van der Waals surface area contributed by atoms with Crippen LogP contribution in [0.3, 0.4) is 0 Å². The first-order chi connectivity index (χ1) is 14.7. The van der Waals surface area contributed by atoms with Gasteiger partial charge < -0.3 is 9.72 Å². The number of aromatic amines is 1. The number of carbonyl (C=O) groups is 1. The molecule has 1 aromatic heterocycles. The fourth-order valence-electron chi connectivity index (χ4n) is 4.72. The molecule has 1 N–H and O–H groups in total. The summed E-state index contributed by atoms with van der Waals surface area (Å²) in [5.41, 5.74) is 4.00. The molecule has 1 aliphatic heterocycles. The summed E-state index contributed by atoms with van der Waals surface area (Å²) in [6.45, 7) is 6.16. The highest BCUT2D eigenvalue weighted by Crippen LogP contribution is 2.44. The summed E-state index contributed by atoms with van der Waals surface area (Å²) in [5.74, 6) is -1.30. The Morgan fingerprint density at radius 1 is 1.32 bits per heavy atom. The van der Waals surface area contributed by atoms with Crippen molar-refractivity contribution in [3.63, 3.8) is 0 Å². The van der Waals surface area contributed by atoms with Crippen molar-refractivity contribution in [1.29, 1.82) is 0 Å². The van der Waals surface area contributed by atoms with Gasteiger partial charge in [-0.05, 0) is 61.7 Å². The van der Waals surface area contributed by atoms with E-state index in [0.717, 1.165) is 32.2 Å². The molecule has 0 radical (unpaired) electrons. The predicted molar refractivity (Wildman–Crippen MR) is 120 cm³/mol. The van der Waals surface area contributed by atoms with Crippen LogP contribution in [0, 0.1) is 24.5 Å². The number of nitrogens with one attached hydrogen (secondary N) is 1. The molecule has 0 spiro atoms. The monoisotopic (exact) mass is 490 g/mol. The standard InChI is InChI=1S/C24H25BrF2N2O2/c1-12(24(30)31-4)11-29-13(2)9-17-16-10-15(26)5-8-20(16)28-22(17)23(29)21-14(3)18(25)6-7-19(21)27/h5-8,10,12-13,23,28H,9,11H2,1-4H3/t12?,13-,23-/m1/s1. The number of H-pyrrole nitrogens is 1. The van der Waals surface area contributed by atoms with E-state index >= 15 is 4.39 Å². The van der Waals surface area contributed by atoms with Crippen molar-refractivity contribution in [2.45, 2.75) is 39.3 Å². The Kier molecular flexibility index (Phi) is 5.92. The van der Waals surface area contributed by atoms with Crippen molar-refractivity contribution in [3.05, 3.63) is 68.8 Å². The summed E-state index contributed by atoms with van der Waals surface area (Å²) in [6, 6.07) is 7.38. The number of aromatic nitrogens is 1. The molecule has 0 amide bonds. The van der Waals surface area contributed by atoms with Gasteiger partial charge in [-0.25, -0.2) is 8.78 Å². The number of halogens is 3. The zero-order valence-electron chi connectivity index (χ0n) is 17.9. The van der Waals surface area contributed by atoms with E-state index in [0.29, 0.717) is 18.5 Å². The van der Waals surface area contributed by atoms with Crippen LogP contribution >= 0.6 is 15.9 Å². The van der Waals surface area contributed by atoms with Crippen LogP contribution in [0.1, 0.15) is 42.3 Å². The van der Waals surface area contributed by atoms with Crippen LogP contribution < -0.4 is 0 Å². The van der Waals surface area contributed by atoms with Crippen molar-refractivity contribution >= 4 is 32.8 Å². The highest BCUT2D eigenvalue weighted by molar-refractivity contribution is 9.10. The third-order valence-corrected chi connectivity index (χ3v) is 7.19. The van der Waals surface area contributed by atoms with Crippen LogP contribution in [0.25, 0.3) is 10.9 Å². The number of hydrogen-bond acceptors (Lipinski definition) is 3. The molecule has 1 unspecified atom stereocenters. The Labute approximate surface area is 188 Å². The second kappa shape index (κ2) is 8.36. The van der Waals surface area contributed by atoms with E-state index in [1.807, 2.05) is 13.8 Å². The molecule has 164 valence electrons. The lowest BCUT2D eigenvalue weighted by molar-refractivity contribution is -0.145. The maximum Gasteiger partial charge on any atom is 0.309 e. The fourth-order valence-corrected chi connectivity index (χ4v) is 5.06. The molecular weight excluding hydrogens is 466 g/mol. The van der Waals surface area contributed by atoms with Gasteiger partial charge in [0.1, 0.15) is 11.6 Å². The van der Waals surface area contributed by atoms with E-state index in [4.69, 9.17) is 4.74 Å². The largest absolute Gasteiger partial charge is 0.469 e. The molecule has 31 heavy (non-hydrogen) atoms. The minimum Gasteiger partial charge on any atom is -0.469 e. The van der Waals surface area contributed by atoms with Crippen molar-refractivity contribution in [1.82, 2.24) is 9.88 Å². The summed E-state index contributed by atoms with van der Waals surface area (Å²) in [6.07, 6.45) is 0.665. The molecule has 0 saturated heterocycles. The molecule has 1 aliphatic rings. The summed E-state index contributed by atoms with van der Waals surface area (Å²) < 4.78 is 35.0. The number of hydrogen-bond donors (Lipinski definition) is 1. The van der Waals surface area contributed by atoms with Gasteiger partial charge in [0.25, 0.3) is 0 Å². The van der Waals surface area contributed by atoms with Gasteiger partial charge in [-0.2, -0.15) is 0 Å². The van der Waals surface area contributed by atoms with Gasteiger partial charge in [0.2, 0.25) is 0 Å². The molecular formula is C24H25BrF2N2O2. The topological polar surface area (TPSA) is 45.3 Å². The van der Waals surface area contributed by atoms with Crippen molar-refractivity contribution < 1.29 is 18.3 Å². The number of rotatable bonds is 4. The molecule has 0 fully saturated rings. The number of ether oxygens (including phenoxy) is 1. The highest BCUT2D eigenvalue weighted by Gasteiger charge is 2.39. The van der Waals surface area contributed by atoms with Gasteiger partial charge in [-0.1, -0.05) is 22.9 Å². The summed E-state index contributed by atoms with van der Waals surface area (Å²) in [7, 11) is 1.37. The molecule has 7 heteroatoms. The first-order valence-corrected chi connectivity index (χ1v) is 11.1. The fraction of sp³-hybridized carbons (Fsp3) is 0.375. The number of esters is 1. The van der Waals surface area contributed by atoms with Crippen LogP contribution in [-0.2, 0) is 16.0 Å². The van der Waals surface area contributed by atoms with E-state index in [-0.39, 0.29) is 29.6 Å². The Bertz CT molecular complexity index is 1160. The van der Waals surface area contributed by atoms with E-state index in [1.54, 1.807) is 12.1 Å². The van der Waals surface area contributed by atoms with Crippen LogP contribution in [-0.4, -0.2) is 35.5 Å². The molecule has 4 rings (SSSR count). The Morgan fingerprint density at radius 2 is 2.06 bits per heavy atom. The van der Waals surface area contributed by atoms with Gasteiger partial charge in [-0.15, -0.1) is 0 Å². The lowest BCUT2D eigenvalue weighted by atomic mass is 9.86. The highest BCUT2D eigenvalue weighted by atomic mass is 79.9. The lowest BCUT2D eigenvalue weighted by Gasteiger charge is -2.42. The number of fused-ring (bicyclic) bond motifs is 3. The van der Waals surface area contributed by atoms with E-state index < -0.39 is 6.04 Å². The van der Waals surface area contributed by atoms with Crippen LogP contribution in [0.15, 0.2) is 34.8 Å². The van der Waals surface area contributed by atoms with E-state index in [9.17, 15) is 9.18 Å². The van der Waals surface area contributed by atoms with Gasteiger partial charge in [0.05, 0.1) is 19.1 Å². The number of methoxy groups -OCH3 is 1. The third kappa shape index (κ3) is 3.78. The lowest BCUT2D eigenvalue weighted by Crippen LogP contribution is -2.46.